The van der Waals surface area contributed by atoms with Gasteiger partial charge < -0.3 is 9.47 Å². The summed E-state index contributed by atoms with van der Waals surface area (Å²) >= 11 is 0. The fraction of sp³-hybridized carbons (Fsp3) is 0.222. The molecule has 3 aromatic rings. The van der Waals surface area contributed by atoms with Crippen molar-refractivity contribution in [1.82, 2.24) is 0 Å². The normalized spacial score (nSPS) is 18.1. The summed E-state index contributed by atoms with van der Waals surface area (Å²) < 4.78 is 10.6. The van der Waals surface area contributed by atoms with Gasteiger partial charge in [0.2, 0.25) is 0 Å². The highest BCUT2D eigenvalue weighted by Gasteiger charge is 2.63. The molecule has 1 aliphatic heterocycles. The lowest BCUT2D eigenvalue weighted by molar-refractivity contribution is -0.165. The minimum Gasteiger partial charge on any atom is -0.465 e. The lowest BCUT2D eigenvalue weighted by Gasteiger charge is -2.38. The van der Waals surface area contributed by atoms with Crippen molar-refractivity contribution in [2.75, 3.05) is 18.3 Å². The molecule has 0 saturated carbocycles. The molecule has 4 rings (SSSR count). The summed E-state index contributed by atoms with van der Waals surface area (Å²) in [5, 5.41) is 14.9. The van der Waals surface area contributed by atoms with Gasteiger partial charge in [0, 0.05) is 5.56 Å². The summed E-state index contributed by atoms with van der Waals surface area (Å²) in [6.45, 7) is 3.37. The first-order valence-corrected chi connectivity index (χ1v) is 11.1. The zero-order chi connectivity index (χ0) is 24.1. The van der Waals surface area contributed by atoms with Gasteiger partial charge in [-0.2, -0.15) is 0 Å². The Bertz CT molecular complexity index is 1180. The van der Waals surface area contributed by atoms with Crippen molar-refractivity contribution in [1.29, 1.82) is 0 Å². The maximum atomic E-state index is 14.2. The highest BCUT2D eigenvalue weighted by molar-refractivity contribution is 6.22. The summed E-state index contributed by atoms with van der Waals surface area (Å²) in [5.74, 6) is -3.30. The van der Waals surface area contributed by atoms with E-state index in [1.807, 2.05) is 18.2 Å². The zero-order valence-corrected chi connectivity index (χ0v) is 19.0. The molecule has 1 radical (unpaired) electrons. The Kier molecular flexibility index (Phi) is 6.75. The van der Waals surface area contributed by atoms with E-state index < -0.39 is 23.4 Å². The van der Waals surface area contributed by atoms with E-state index in [0.717, 1.165) is 0 Å². The number of hydroxylamine groups is 1. The van der Waals surface area contributed by atoms with Crippen LogP contribution in [0.4, 0.5) is 11.4 Å². The summed E-state index contributed by atoms with van der Waals surface area (Å²) in [6, 6.07) is 24.8. The molecule has 0 amide bonds. The van der Waals surface area contributed by atoms with Crippen LogP contribution in [0.5, 0.6) is 0 Å². The molecular formula is C27H25N2O5. The Labute approximate surface area is 198 Å². The number of ether oxygens (including phenoxy) is 2. The number of hydrogen-bond acceptors (Lipinski definition) is 6. The standard InChI is InChI=1S/C27H25N2O5/c1-3-33-25(30)23(26(31)34-4-2)27(19-13-7-5-8-14-19)24(28-20-15-9-6-10-16-20)21-17-11-12-18-22(21)29(27)32/h5-18,23H,3-4H2,1-2H3. The summed E-state index contributed by atoms with van der Waals surface area (Å²) in [6.07, 6.45) is 0. The van der Waals surface area contributed by atoms with Crippen molar-refractivity contribution in [2.45, 2.75) is 19.4 Å². The van der Waals surface area contributed by atoms with Crippen LogP contribution in [0.15, 0.2) is 89.9 Å². The number of esters is 2. The molecule has 0 aliphatic carbocycles. The molecule has 1 aliphatic rings. The molecule has 1 atom stereocenters. The van der Waals surface area contributed by atoms with Crippen LogP contribution in [-0.4, -0.2) is 30.9 Å². The van der Waals surface area contributed by atoms with Gasteiger partial charge in [-0.15, -0.1) is 0 Å². The van der Waals surface area contributed by atoms with Gasteiger partial charge in [0.05, 0.1) is 30.3 Å². The molecule has 1 unspecified atom stereocenters. The average molecular weight is 458 g/mol. The van der Waals surface area contributed by atoms with Gasteiger partial charge in [-0.3, -0.25) is 9.59 Å². The summed E-state index contributed by atoms with van der Waals surface area (Å²) in [7, 11) is 0. The van der Waals surface area contributed by atoms with Crippen molar-refractivity contribution in [3.8, 4) is 0 Å². The molecule has 0 bridgehead atoms. The molecule has 173 valence electrons. The predicted molar refractivity (Wildman–Crippen MR) is 127 cm³/mol. The number of benzene rings is 3. The second kappa shape index (κ2) is 9.89. The van der Waals surface area contributed by atoms with Gasteiger partial charge in [-0.25, -0.2) is 10.1 Å². The van der Waals surface area contributed by atoms with E-state index in [0.29, 0.717) is 27.6 Å². The number of aliphatic imine (C=N–C) groups is 1. The van der Waals surface area contributed by atoms with Crippen molar-refractivity contribution < 1.29 is 24.3 Å². The van der Waals surface area contributed by atoms with Gasteiger partial charge in [0.15, 0.2) is 11.5 Å². The first kappa shape index (κ1) is 23.2. The van der Waals surface area contributed by atoms with E-state index in [1.165, 1.54) is 0 Å². The Morgan fingerprint density at radius 2 is 1.35 bits per heavy atom. The minimum absolute atomic E-state index is 0.0383. The monoisotopic (exact) mass is 457 g/mol. The van der Waals surface area contributed by atoms with Crippen LogP contribution in [0.25, 0.3) is 0 Å². The Morgan fingerprint density at radius 3 is 1.94 bits per heavy atom. The number of anilines is 1. The van der Waals surface area contributed by atoms with Crippen LogP contribution in [0.1, 0.15) is 25.0 Å². The molecule has 1 heterocycles. The predicted octanol–water partition coefficient (Wildman–Crippen LogP) is 4.61. The van der Waals surface area contributed by atoms with Crippen LogP contribution in [0, 0.1) is 5.92 Å². The van der Waals surface area contributed by atoms with Gasteiger partial charge >= 0.3 is 11.9 Å². The number of hydrogen-bond donors (Lipinski definition) is 0. The van der Waals surface area contributed by atoms with E-state index >= 15 is 0 Å². The average Bonchev–Trinajstić information content (AvgIpc) is 3.10. The smallest absolute Gasteiger partial charge is 0.323 e. The van der Waals surface area contributed by atoms with Crippen molar-refractivity contribution in [3.05, 3.63) is 96.1 Å². The van der Waals surface area contributed by atoms with Crippen molar-refractivity contribution >= 4 is 29.0 Å². The van der Waals surface area contributed by atoms with E-state index in [4.69, 9.17) is 14.5 Å². The van der Waals surface area contributed by atoms with Crippen LogP contribution in [-0.2, 0) is 29.8 Å². The molecular weight excluding hydrogens is 432 g/mol. The van der Waals surface area contributed by atoms with E-state index in [1.54, 1.807) is 80.6 Å². The zero-order valence-electron chi connectivity index (χ0n) is 19.0. The van der Waals surface area contributed by atoms with Gasteiger partial charge in [-0.1, -0.05) is 71.9 Å². The molecule has 0 fully saturated rings. The molecule has 3 aromatic carbocycles. The second-order valence-corrected chi connectivity index (χ2v) is 7.68. The highest BCUT2D eigenvalue weighted by atomic mass is 16.6. The highest BCUT2D eigenvalue weighted by Crippen LogP contribution is 2.50. The molecule has 0 aromatic heterocycles. The molecule has 7 heteroatoms. The molecule has 0 spiro atoms. The number of carbonyl (C=O) groups excluding carboxylic acids is 2. The number of nitrogens with zero attached hydrogens (tertiary/aromatic N) is 2. The third-order valence-electron chi connectivity index (χ3n) is 5.73. The topological polar surface area (TPSA) is 88.1 Å². The van der Waals surface area contributed by atoms with Crippen LogP contribution >= 0.6 is 0 Å². The Hall–Kier alpha value is -3.97. The lowest BCUT2D eigenvalue weighted by Crippen LogP contribution is -2.57. The number of fused-ring (bicyclic) bond motifs is 1. The minimum atomic E-state index is -1.83. The van der Waals surface area contributed by atoms with Crippen LogP contribution in [0.3, 0.4) is 0 Å². The van der Waals surface area contributed by atoms with Gasteiger partial charge in [0.25, 0.3) is 0 Å². The molecule has 0 saturated heterocycles. The first-order valence-electron chi connectivity index (χ1n) is 11.1. The van der Waals surface area contributed by atoms with Gasteiger partial charge in [0.1, 0.15) is 0 Å². The quantitative estimate of drug-likeness (QED) is 0.382. The van der Waals surface area contributed by atoms with E-state index in [2.05, 4.69) is 0 Å². The number of para-hydroxylation sites is 2. The summed E-state index contributed by atoms with van der Waals surface area (Å²) in [5.41, 5.74) is 0.292. The Balaban J connectivity index is 2.10. The van der Waals surface area contributed by atoms with E-state index in [9.17, 15) is 14.8 Å². The van der Waals surface area contributed by atoms with Crippen LogP contribution in [0.2, 0.25) is 0 Å². The summed E-state index contributed by atoms with van der Waals surface area (Å²) in [4.78, 5) is 31.6. The third-order valence-corrected chi connectivity index (χ3v) is 5.73. The first-order chi connectivity index (χ1) is 16.6. The third kappa shape index (κ3) is 3.84. The SMILES string of the molecule is CCOC(=O)C(C(=O)OCC)C1(c2ccccc2)C(=Nc2ccccc2)c2ccccc2N1[O]. The largest absolute Gasteiger partial charge is 0.465 e. The fourth-order valence-corrected chi connectivity index (χ4v) is 4.37. The Morgan fingerprint density at radius 1 is 0.824 bits per heavy atom. The number of rotatable bonds is 7. The maximum Gasteiger partial charge on any atom is 0.323 e. The second-order valence-electron chi connectivity index (χ2n) is 7.68. The fourth-order valence-electron chi connectivity index (χ4n) is 4.37. The lowest BCUT2D eigenvalue weighted by atomic mass is 9.74. The van der Waals surface area contributed by atoms with E-state index in [-0.39, 0.29) is 18.9 Å². The molecule has 0 N–H and O–H groups in total. The number of carbonyl (C=O) groups is 2. The maximum absolute atomic E-state index is 14.2. The van der Waals surface area contributed by atoms with Crippen molar-refractivity contribution in [2.24, 2.45) is 10.9 Å². The molecule has 34 heavy (non-hydrogen) atoms. The van der Waals surface area contributed by atoms with Crippen LogP contribution < -0.4 is 5.06 Å². The van der Waals surface area contributed by atoms with Crippen molar-refractivity contribution in [3.63, 3.8) is 0 Å². The molecule has 7 nitrogen and oxygen atoms in total. The van der Waals surface area contributed by atoms with Gasteiger partial charge in [-0.05, 0) is 37.6 Å².